The van der Waals surface area contributed by atoms with E-state index in [1.807, 2.05) is 0 Å². The molecule has 1 unspecified atom stereocenters. The van der Waals surface area contributed by atoms with E-state index >= 15 is 0 Å². The number of phenols is 1. The van der Waals surface area contributed by atoms with Gasteiger partial charge in [0.2, 0.25) is 0 Å². The molecule has 0 saturated heterocycles. The van der Waals surface area contributed by atoms with Crippen LogP contribution in [0.3, 0.4) is 0 Å². The Bertz CT molecular complexity index is 814. The highest BCUT2D eigenvalue weighted by molar-refractivity contribution is 7.81. The quantitative estimate of drug-likeness (QED) is 0.602. The number of halogens is 3. The number of hydrogen-bond donors (Lipinski definition) is 2. The third kappa shape index (κ3) is 3.70. The molecule has 0 saturated carbocycles. The van der Waals surface area contributed by atoms with E-state index in [2.05, 4.69) is 0 Å². The van der Waals surface area contributed by atoms with E-state index in [1.54, 1.807) is 0 Å². The summed E-state index contributed by atoms with van der Waals surface area (Å²) in [6.45, 7) is 0. The number of benzene rings is 2. The van der Waals surface area contributed by atoms with Crippen LogP contribution in [0.25, 0.3) is 0 Å². The molecule has 10 heteroatoms. The van der Waals surface area contributed by atoms with Crippen molar-refractivity contribution in [3.63, 3.8) is 0 Å². The van der Waals surface area contributed by atoms with E-state index in [9.17, 15) is 18.7 Å². The molecule has 0 amide bonds. The lowest BCUT2D eigenvalue weighted by molar-refractivity contribution is 0.0694. The number of rotatable bonds is 4. The van der Waals surface area contributed by atoms with Crippen LogP contribution in [-0.2, 0) is 11.3 Å². The predicted octanol–water partition coefficient (Wildman–Crippen LogP) is 3.98. The van der Waals surface area contributed by atoms with Crippen molar-refractivity contribution in [1.82, 2.24) is 0 Å². The summed E-state index contributed by atoms with van der Waals surface area (Å²) < 4.78 is 23.9. The largest absolute Gasteiger partial charge is 0.755 e. The summed E-state index contributed by atoms with van der Waals surface area (Å²) in [6, 6.07) is 5.77. The van der Waals surface area contributed by atoms with Crippen molar-refractivity contribution in [2.24, 2.45) is 0 Å². The van der Waals surface area contributed by atoms with Gasteiger partial charge in [-0.2, -0.15) is 0 Å². The maximum Gasteiger partial charge on any atom is 0.339 e. The van der Waals surface area contributed by atoms with Crippen LogP contribution in [-0.4, -0.2) is 24.9 Å². The van der Waals surface area contributed by atoms with Crippen molar-refractivity contribution >= 4 is 63.4 Å². The number of hydrogen-bond acceptors (Lipinski definition) is 4. The van der Waals surface area contributed by atoms with Gasteiger partial charge >= 0.3 is 5.97 Å². The minimum Gasteiger partial charge on any atom is -0.755 e. The summed E-state index contributed by atoms with van der Waals surface area (Å²) in [5, 5.41) is 18.8. The Morgan fingerprint density at radius 2 is 1.70 bits per heavy atom. The molecule has 0 fully saturated rings. The number of anilines is 2. The van der Waals surface area contributed by atoms with Crippen molar-refractivity contribution < 1.29 is 23.8 Å². The molecular weight excluding hydrogens is 389 g/mol. The van der Waals surface area contributed by atoms with Crippen molar-refractivity contribution in [3.8, 4) is 5.75 Å². The third-order valence-corrected chi connectivity index (χ3v) is 4.53. The summed E-state index contributed by atoms with van der Waals surface area (Å²) in [7, 11) is 0. The number of aromatic hydroxyl groups is 1. The molecule has 1 atom stereocenters. The summed E-state index contributed by atoms with van der Waals surface area (Å²) in [5.41, 5.74) is -0.399. The number of nitrogens with zero attached hydrogens (tertiary/aromatic N) is 1. The maximum atomic E-state index is 11.6. The number of carboxylic acids is 1. The monoisotopic (exact) mass is 394 g/mol. The molecule has 0 heterocycles. The van der Waals surface area contributed by atoms with E-state index in [-0.39, 0.29) is 32.0 Å². The molecule has 2 N–H and O–H groups in total. The molecule has 23 heavy (non-hydrogen) atoms. The Kier molecular flexibility index (Phi) is 5.38. The Morgan fingerprint density at radius 1 is 1.09 bits per heavy atom. The van der Waals surface area contributed by atoms with Gasteiger partial charge in [0.1, 0.15) is 11.3 Å². The van der Waals surface area contributed by atoms with Crippen LogP contribution in [0.4, 0.5) is 11.4 Å². The second kappa shape index (κ2) is 6.94. The zero-order chi connectivity index (χ0) is 17.3. The summed E-state index contributed by atoms with van der Waals surface area (Å²) in [5.74, 6) is -1.95. The van der Waals surface area contributed by atoms with Gasteiger partial charge in [0.15, 0.2) is 0 Å². The van der Waals surface area contributed by atoms with Crippen LogP contribution in [0, 0.1) is 0 Å². The third-order valence-electron chi connectivity index (χ3n) is 2.80. The molecule has 2 aromatic carbocycles. The lowest BCUT2D eigenvalue weighted by atomic mass is 10.1. The van der Waals surface area contributed by atoms with Crippen LogP contribution in [0.1, 0.15) is 10.4 Å². The zero-order valence-electron chi connectivity index (χ0n) is 11.0. The van der Waals surface area contributed by atoms with Gasteiger partial charge in [-0.05, 0) is 24.3 Å². The number of carbonyl (C=O) groups is 1. The predicted molar refractivity (Wildman–Crippen MR) is 87.6 cm³/mol. The molecule has 0 aromatic heterocycles. The van der Waals surface area contributed by atoms with E-state index in [0.717, 1.165) is 16.4 Å². The first-order chi connectivity index (χ1) is 10.7. The normalized spacial score (nSPS) is 12.0. The Labute approximate surface area is 148 Å². The second-order valence-electron chi connectivity index (χ2n) is 4.24. The first-order valence-corrected chi connectivity index (χ1v) is 7.99. The average molecular weight is 396 g/mol. The highest BCUT2D eigenvalue weighted by Gasteiger charge is 2.19. The molecule has 0 spiro atoms. The molecule has 0 aliphatic heterocycles. The van der Waals surface area contributed by atoms with E-state index < -0.39 is 23.0 Å². The van der Waals surface area contributed by atoms with Gasteiger partial charge in [-0.15, -0.1) is 0 Å². The summed E-state index contributed by atoms with van der Waals surface area (Å²) >= 11 is 14.9. The van der Waals surface area contributed by atoms with Gasteiger partial charge in [-0.1, -0.05) is 34.8 Å². The fourth-order valence-electron chi connectivity index (χ4n) is 1.80. The van der Waals surface area contributed by atoms with Crippen molar-refractivity contribution in [2.75, 3.05) is 4.31 Å². The van der Waals surface area contributed by atoms with Gasteiger partial charge in [-0.3, -0.25) is 8.51 Å². The minimum absolute atomic E-state index is 0.00289. The first-order valence-electron chi connectivity index (χ1n) is 5.82. The standard InChI is InChI=1S/C13H8Cl3NO5S/c14-8-4-10(16)11(5-9(8)15)17(23(21)22)6-1-2-7(13(19)20)12(18)3-6/h1-5,18H,(H,19,20)(H,21,22)/p-1. The van der Waals surface area contributed by atoms with Gasteiger partial charge in [0.05, 0.1) is 37.7 Å². The van der Waals surface area contributed by atoms with Crippen LogP contribution in [0.2, 0.25) is 15.1 Å². The van der Waals surface area contributed by atoms with Crippen LogP contribution < -0.4 is 4.31 Å². The fourth-order valence-corrected chi connectivity index (χ4v) is 3.07. The van der Waals surface area contributed by atoms with Gasteiger partial charge < -0.3 is 14.8 Å². The molecule has 2 aromatic rings. The molecular formula is C13H7Cl3NO5S-. The maximum absolute atomic E-state index is 11.6. The van der Waals surface area contributed by atoms with E-state index in [1.165, 1.54) is 18.2 Å². The molecule has 0 aliphatic carbocycles. The van der Waals surface area contributed by atoms with Crippen molar-refractivity contribution in [1.29, 1.82) is 0 Å². The second-order valence-corrected chi connectivity index (χ2v) is 6.26. The zero-order valence-corrected chi connectivity index (χ0v) is 14.1. The average Bonchev–Trinajstić information content (AvgIpc) is 2.44. The van der Waals surface area contributed by atoms with E-state index in [4.69, 9.17) is 39.9 Å². The highest BCUT2D eigenvalue weighted by Crippen LogP contribution is 2.39. The summed E-state index contributed by atoms with van der Waals surface area (Å²) in [4.78, 5) is 10.9. The first kappa shape index (κ1) is 17.8. The molecule has 0 bridgehead atoms. The number of carboxylic acid groups (broad SMARTS) is 1. The lowest BCUT2D eigenvalue weighted by Crippen LogP contribution is -2.20. The van der Waals surface area contributed by atoms with Crippen LogP contribution in [0.5, 0.6) is 5.75 Å². The van der Waals surface area contributed by atoms with Crippen LogP contribution in [0.15, 0.2) is 30.3 Å². The lowest BCUT2D eigenvalue weighted by Gasteiger charge is -2.27. The highest BCUT2D eigenvalue weighted by atomic mass is 35.5. The van der Waals surface area contributed by atoms with Gasteiger partial charge in [0.25, 0.3) is 0 Å². The minimum atomic E-state index is -2.82. The summed E-state index contributed by atoms with van der Waals surface area (Å²) in [6.07, 6.45) is 0. The van der Waals surface area contributed by atoms with Crippen molar-refractivity contribution in [2.45, 2.75) is 0 Å². The number of aromatic carboxylic acids is 1. The Morgan fingerprint density at radius 3 is 2.22 bits per heavy atom. The van der Waals surface area contributed by atoms with Crippen LogP contribution >= 0.6 is 34.8 Å². The smallest absolute Gasteiger partial charge is 0.339 e. The van der Waals surface area contributed by atoms with E-state index in [0.29, 0.717) is 0 Å². The molecule has 6 nitrogen and oxygen atoms in total. The Balaban J connectivity index is 2.60. The SMILES string of the molecule is O=C(O)c1ccc(N(c2cc(Cl)c(Cl)cc2Cl)S(=O)[O-])cc1O. The molecule has 0 aliphatic rings. The van der Waals surface area contributed by atoms with Gasteiger partial charge in [0, 0.05) is 6.07 Å². The molecule has 122 valence electrons. The molecule has 0 radical (unpaired) electrons. The van der Waals surface area contributed by atoms with Gasteiger partial charge in [-0.25, -0.2) is 4.79 Å². The topological polar surface area (TPSA) is 101 Å². The van der Waals surface area contributed by atoms with Crippen molar-refractivity contribution in [3.05, 3.63) is 51.0 Å². The molecule has 2 rings (SSSR count). The Hall–Kier alpha value is -1.51. The fraction of sp³-hybridized carbons (Fsp3) is 0.